The minimum absolute atomic E-state index is 0.0296. The zero-order valence-corrected chi connectivity index (χ0v) is 18.5. The van der Waals surface area contributed by atoms with Crippen LogP contribution in [0.25, 0.3) is 22.4 Å². The van der Waals surface area contributed by atoms with Gasteiger partial charge >= 0.3 is 0 Å². The maximum atomic E-state index is 14.4. The second-order valence-corrected chi connectivity index (χ2v) is 8.09. The van der Waals surface area contributed by atoms with Gasteiger partial charge in [0.05, 0.1) is 11.2 Å². The van der Waals surface area contributed by atoms with Crippen molar-refractivity contribution in [1.82, 2.24) is 25.3 Å². The van der Waals surface area contributed by atoms with E-state index in [2.05, 4.69) is 36.3 Å². The quantitative estimate of drug-likeness (QED) is 0.470. The van der Waals surface area contributed by atoms with E-state index in [9.17, 15) is 14.0 Å². The van der Waals surface area contributed by atoms with Crippen LogP contribution in [0, 0.1) is 5.82 Å². The Balaban J connectivity index is 0.000000668. The third kappa shape index (κ3) is 6.13. The van der Waals surface area contributed by atoms with Crippen molar-refractivity contribution in [3.63, 3.8) is 0 Å². The summed E-state index contributed by atoms with van der Waals surface area (Å²) in [4.78, 5) is 36.3. The highest BCUT2D eigenvalue weighted by Gasteiger charge is 2.24. The average molecular weight is 462 g/mol. The summed E-state index contributed by atoms with van der Waals surface area (Å²) in [5.41, 5.74) is 5.83. The van der Waals surface area contributed by atoms with E-state index >= 15 is 0 Å². The van der Waals surface area contributed by atoms with E-state index in [1.807, 2.05) is 0 Å². The molecule has 0 bridgehead atoms. The molecule has 1 saturated carbocycles. The van der Waals surface area contributed by atoms with Crippen molar-refractivity contribution < 1.29 is 14.0 Å². The molecule has 9 nitrogen and oxygen atoms in total. The van der Waals surface area contributed by atoms with Gasteiger partial charge in [-0.25, -0.2) is 19.3 Å². The third-order valence-electron chi connectivity index (χ3n) is 4.91. The molecule has 2 amide bonds. The fourth-order valence-corrected chi connectivity index (χ4v) is 3.85. The molecule has 4 rings (SSSR count). The highest BCUT2D eigenvalue weighted by atomic mass is 35.5. The van der Waals surface area contributed by atoms with Crippen molar-refractivity contribution in [3.05, 3.63) is 35.5 Å². The zero-order valence-electron chi connectivity index (χ0n) is 17.8. The number of aromatic nitrogens is 4. The predicted molar refractivity (Wildman–Crippen MR) is 120 cm³/mol. The predicted octanol–water partition coefficient (Wildman–Crippen LogP) is 3.16. The van der Waals surface area contributed by atoms with Gasteiger partial charge in [-0.15, -0.1) is 0 Å². The van der Waals surface area contributed by atoms with E-state index in [4.69, 9.17) is 11.6 Å². The molecular weight excluding hydrogens is 437 g/mol. The Morgan fingerprint density at radius 1 is 1.22 bits per heavy atom. The van der Waals surface area contributed by atoms with Crippen molar-refractivity contribution in [3.8, 4) is 11.4 Å². The van der Waals surface area contributed by atoms with Gasteiger partial charge in [0.25, 0.3) is 0 Å². The van der Waals surface area contributed by atoms with E-state index < -0.39 is 5.82 Å². The topological polar surface area (TPSA) is 139 Å². The molecule has 0 aliphatic heterocycles. The summed E-state index contributed by atoms with van der Waals surface area (Å²) in [6.45, 7) is 2.82. The first-order valence-electron chi connectivity index (χ1n) is 10.2. The SMILES string of the molecule is CC(=O)N[C@@H]1CCC[C@@H](Nc2nc(-c3c[nH]c4ncc(Cl)cc34)ncc2F)C1.CC(N)=O. The number of primary amides is 1. The number of aromatic amines is 1. The number of carbonyl (C=O) groups excluding carboxylic acids is 2. The summed E-state index contributed by atoms with van der Waals surface area (Å²) in [6, 6.07) is 1.89. The van der Waals surface area contributed by atoms with Crippen LogP contribution in [0.2, 0.25) is 5.02 Å². The second kappa shape index (κ2) is 10.4. The summed E-state index contributed by atoms with van der Waals surface area (Å²) < 4.78 is 14.4. The highest BCUT2D eigenvalue weighted by Crippen LogP contribution is 2.29. The zero-order chi connectivity index (χ0) is 23.3. The number of carbonyl (C=O) groups is 2. The number of anilines is 1. The van der Waals surface area contributed by atoms with E-state index in [1.54, 1.807) is 18.5 Å². The number of halogens is 2. The van der Waals surface area contributed by atoms with Crippen LogP contribution in [0.4, 0.5) is 10.2 Å². The van der Waals surface area contributed by atoms with Gasteiger partial charge in [0.1, 0.15) is 5.65 Å². The highest BCUT2D eigenvalue weighted by molar-refractivity contribution is 6.31. The molecule has 1 aliphatic rings. The summed E-state index contributed by atoms with van der Waals surface area (Å²) in [7, 11) is 0. The normalized spacial score (nSPS) is 17.9. The smallest absolute Gasteiger partial charge is 0.217 e. The monoisotopic (exact) mass is 461 g/mol. The van der Waals surface area contributed by atoms with Gasteiger partial charge in [0.15, 0.2) is 17.5 Å². The lowest BCUT2D eigenvalue weighted by atomic mass is 9.91. The number of amides is 2. The fourth-order valence-electron chi connectivity index (χ4n) is 3.69. The van der Waals surface area contributed by atoms with Crippen LogP contribution < -0.4 is 16.4 Å². The number of nitrogens with one attached hydrogen (secondary N) is 3. The number of rotatable bonds is 4. The Morgan fingerprint density at radius 2 is 1.94 bits per heavy atom. The Morgan fingerprint density at radius 3 is 2.66 bits per heavy atom. The lowest BCUT2D eigenvalue weighted by molar-refractivity contribution is -0.120. The molecule has 3 heterocycles. The van der Waals surface area contributed by atoms with Crippen LogP contribution in [0.3, 0.4) is 0 Å². The Hall–Kier alpha value is -3.27. The van der Waals surface area contributed by atoms with Gasteiger partial charge in [-0.3, -0.25) is 9.59 Å². The Bertz CT molecular complexity index is 1120. The van der Waals surface area contributed by atoms with Crippen LogP contribution in [0.15, 0.2) is 24.7 Å². The van der Waals surface area contributed by atoms with Crippen molar-refractivity contribution in [2.75, 3.05) is 5.32 Å². The van der Waals surface area contributed by atoms with Gasteiger partial charge in [0, 0.05) is 49.3 Å². The van der Waals surface area contributed by atoms with Crippen LogP contribution in [-0.4, -0.2) is 43.8 Å². The number of H-pyrrole nitrogens is 1. The number of fused-ring (bicyclic) bond motifs is 1. The second-order valence-electron chi connectivity index (χ2n) is 7.66. The standard InChI is InChI=1S/C19H20ClFN6O.C2H5NO/c1-10(28)25-12-3-2-4-13(6-12)26-19-16(21)9-24-18(27-19)15-8-23-17-14(15)5-11(20)7-22-17;1-2(3)4/h5,7-9,12-13H,2-4,6H2,1H3,(H,22,23)(H,25,28)(H,24,26,27);1H3,(H2,3,4)/t12-,13-;/m1./s1. The molecule has 1 aliphatic carbocycles. The minimum Gasteiger partial charge on any atom is -0.370 e. The average Bonchev–Trinajstić information content (AvgIpc) is 3.12. The van der Waals surface area contributed by atoms with Crippen molar-refractivity contribution in [2.24, 2.45) is 5.73 Å². The van der Waals surface area contributed by atoms with Gasteiger partial charge in [0.2, 0.25) is 11.8 Å². The molecule has 170 valence electrons. The van der Waals surface area contributed by atoms with E-state index in [1.165, 1.54) is 13.8 Å². The van der Waals surface area contributed by atoms with Crippen molar-refractivity contribution in [2.45, 2.75) is 51.6 Å². The van der Waals surface area contributed by atoms with E-state index in [0.717, 1.165) is 37.3 Å². The number of hydrogen-bond donors (Lipinski definition) is 4. The maximum Gasteiger partial charge on any atom is 0.217 e. The molecule has 5 N–H and O–H groups in total. The molecule has 0 unspecified atom stereocenters. The molecule has 0 spiro atoms. The fraction of sp³-hybridized carbons (Fsp3) is 0.381. The van der Waals surface area contributed by atoms with Crippen LogP contribution in [0.1, 0.15) is 39.5 Å². The summed E-state index contributed by atoms with van der Waals surface area (Å²) >= 11 is 6.05. The minimum atomic E-state index is -0.513. The summed E-state index contributed by atoms with van der Waals surface area (Å²) in [5, 5.41) is 7.40. The first-order chi connectivity index (χ1) is 15.2. The first kappa shape index (κ1) is 23.4. The molecule has 0 radical (unpaired) electrons. The van der Waals surface area contributed by atoms with Crippen LogP contribution in [0.5, 0.6) is 0 Å². The number of pyridine rings is 1. The van der Waals surface area contributed by atoms with Crippen LogP contribution >= 0.6 is 11.6 Å². The molecule has 32 heavy (non-hydrogen) atoms. The molecule has 3 aromatic heterocycles. The van der Waals surface area contributed by atoms with Crippen LogP contribution in [-0.2, 0) is 9.59 Å². The van der Waals surface area contributed by atoms with E-state index in [-0.39, 0.29) is 29.7 Å². The molecule has 0 aromatic carbocycles. The molecule has 3 aromatic rings. The Labute approximate surface area is 189 Å². The number of nitrogens with zero attached hydrogens (tertiary/aromatic N) is 3. The van der Waals surface area contributed by atoms with Gasteiger partial charge in [-0.05, 0) is 31.7 Å². The molecular formula is C21H25ClFN7O2. The lowest BCUT2D eigenvalue weighted by Crippen LogP contribution is -2.41. The van der Waals surface area contributed by atoms with Crippen molar-refractivity contribution in [1.29, 1.82) is 0 Å². The van der Waals surface area contributed by atoms with Gasteiger partial charge in [-0.2, -0.15) is 0 Å². The third-order valence-corrected chi connectivity index (χ3v) is 5.11. The largest absolute Gasteiger partial charge is 0.370 e. The first-order valence-corrected chi connectivity index (χ1v) is 10.6. The van der Waals surface area contributed by atoms with Crippen molar-refractivity contribution >= 4 is 40.3 Å². The number of nitrogens with two attached hydrogens (primary N) is 1. The molecule has 11 heteroatoms. The van der Waals surface area contributed by atoms with E-state index in [0.29, 0.717) is 22.1 Å². The molecule has 2 atom stereocenters. The molecule has 0 saturated heterocycles. The summed E-state index contributed by atoms with van der Waals surface area (Å²) in [6.07, 6.45) is 7.95. The maximum absolute atomic E-state index is 14.4. The lowest BCUT2D eigenvalue weighted by Gasteiger charge is -2.30. The van der Waals surface area contributed by atoms with Gasteiger partial charge < -0.3 is 21.4 Å². The molecule has 1 fully saturated rings. The van der Waals surface area contributed by atoms with Gasteiger partial charge in [-0.1, -0.05) is 11.6 Å². The summed E-state index contributed by atoms with van der Waals surface area (Å²) in [5.74, 6) is -0.356. The Kier molecular flexibility index (Phi) is 7.57. The number of hydrogen-bond acceptors (Lipinski definition) is 6.